The molecule has 1 aromatic carbocycles. The van der Waals surface area contributed by atoms with Crippen LogP contribution in [0.4, 0.5) is 0 Å². The summed E-state index contributed by atoms with van der Waals surface area (Å²) < 4.78 is 0. The molecule has 1 aromatic rings. The lowest BCUT2D eigenvalue weighted by Crippen LogP contribution is -2.44. The van der Waals surface area contributed by atoms with Gasteiger partial charge in [-0.2, -0.15) is 0 Å². The molecule has 0 heterocycles. The molecule has 18 heavy (non-hydrogen) atoms. The minimum atomic E-state index is -1.88. The molecule has 8 heteroatoms. The van der Waals surface area contributed by atoms with Crippen molar-refractivity contribution in [1.82, 2.24) is 0 Å². The summed E-state index contributed by atoms with van der Waals surface area (Å²) in [5.41, 5.74) is 5.69. The molecular formula is C10H17BClNO5. The Balaban J connectivity index is 0. The first-order chi connectivity index (χ1) is 7.43. The lowest BCUT2D eigenvalue weighted by molar-refractivity contribution is -0.138. The molecule has 6 N–H and O–H groups in total. The van der Waals surface area contributed by atoms with Crippen molar-refractivity contribution in [2.45, 2.75) is 19.3 Å². The molecule has 0 aromatic heterocycles. The first-order valence-corrected chi connectivity index (χ1v) is 4.57. The Hall–Kier alpha value is -1.28. The molecule has 1 rings (SSSR count). The van der Waals surface area contributed by atoms with E-state index in [1.807, 2.05) is 0 Å². The zero-order valence-corrected chi connectivity index (χ0v) is 9.54. The zero-order valence-electron chi connectivity index (χ0n) is 8.72. The molecule has 1 unspecified atom stereocenters. The number of carboxylic acid groups (broad SMARTS) is 1. The van der Waals surface area contributed by atoms with Crippen LogP contribution >= 0.6 is 12.4 Å². The van der Waals surface area contributed by atoms with E-state index in [0.29, 0.717) is 5.56 Å². The molecule has 0 amide bonds. The summed E-state index contributed by atoms with van der Waals surface area (Å²) in [6.07, 6.45) is 0. The Kier molecular flexibility index (Phi) is 8.41. The first-order valence-electron chi connectivity index (χ1n) is 4.57. The standard InChI is InChI=1S/C9H12BNO5.CH4.ClH/c11-8(9(13)14)7(10(15)16)5-1-3-6(12)4-2-5;;/h1-4,7-8,12,15-16H,11H2,(H,13,14);1H4;1H/t7?,8-;;/m0../s1. The predicted molar refractivity (Wildman–Crippen MR) is 70.6 cm³/mol. The molecule has 0 spiro atoms. The van der Waals surface area contributed by atoms with Crippen LogP contribution in [0.1, 0.15) is 18.8 Å². The number of benzene rings is 1. The van der Waals surface area contributed by atoms with Gasteiger partial charge in [0.05, 0.1) is 0 Å². The topological polar surface area (TPSA) is 124 Å². The van der Waals surface area contributed by atoms with Crippen molar-refractivity contribution >= 4 is 25.5 Å². The van der Waals surface area contributed by atoms with E-state index in [1.54, 1.807) is 0 Å². The number of phenols is 1. The highest BCUT2D eigenvalue weighted by atomic mass is 35.5. The maximum atomic E-state index is 10.7. The monoisotopic (exact) mass is 277 g/mol. The van der Waals surface area contributed by atoms with Crippen LogP contribution in [-0.4, -0.2) is 39.4 Å². The molecule has 0 radical (unpaired) electrons. The van der Waals surface area contributed by atoms with E-state index >= 15 is 0 Å². The van der Waals surface area contributed by atoms with Crippen LogP contribution in [0.15, 0.2) is 24.3 Å². The van der Waals surface area contributed by atoms with Gasteiger partial charge < -0.3 is 26.0 Å². The fourth-order valence-electron chi connectivity index (χ4n) is 1.42. The average Bonchev–Trinajstić information content (AvgIpc) is 2.20. The molecule has 0 saturated heterocycles. The Labute approximate surface area is 112 Å². The number of hydrogen-bond acceptors (Lipinski definition) is 5. The molecule has 0 aliphatic heterocycles. The number of halogens is 1. The Morgan fingerprint density at radius 2 is 1.67 bits per heavy atom. The van der Waals surface area contributed by atoms with Gasteiger partial charge in [0.1, 0.15) is 11.8 Å². The SMILES string of the molecule is C.Cl.N[C@H](C(=O)O)C(B(O)O)c1ccc(O)cc1. The minimum absolute atomic E-state index is 0. The van der Waals surface area contributed by atoms with Crippen molar-refractivity contribution in [3.8, 4) is 5.75 Å². The van der Waals surface area contributed by atoms with Gasteiger partial charge in [-0.3, -0.25) is 4.79 Å². The van der Waals surface area contributed by atoms with Gasteiger partial charge >= 0.3 is 13.1 Å². The number of nitrogens with two attached hydrogens (primary N) is 1. The van der Waals surface area contributed by atoms with Crippen LogP contribution < -0.4 is 5.73 Å². The lowest BCUT2D eigenvalue weighted by atomic mass is 9.65. The second-order valence-electron chi connectivity index (χ2n) is 3.39. The molecule has 2 atom stereocenters. The summed E-state index contributed by atoms with van der Waals surface area (Å²) in [4.78, 5) is 10.7. The van der Waals surface area contributed by atoms with Crippen molar-refractivity contribution in [3.05, 3.63) is 29.8 Å². The van der Waals surface area contributed by atoms with Crippen LogP contribution in [0.5, 0.6) is 5.75 Å². The Morgan fingerprint density at radius 1 is 1.22 bits per heavy atom. The Morgan fingerprint density at radius 3 is 2.00 bits per heavy atom. The van der Waals surface area contributed by atoms with Crippen LogP contribution in [0, 0.1) is 0 Å². The lowest BCUT2D eigenvalue weighted by Gasteiger charge is -2.20. The number of rotatable bonds is 4. The van der Waals surface area contributed by atoms with Gasteiger partial charge in [-0.25, -0.2) is 0 Å². The van der Waals surface area contributed by atoms with E-state index in [0.717, 1.165) is 0 Å². The molecule has 0 bridgehead atoms. The largest absolute Gasteiger partial charge is 0.508 e. The normalized spacial score (nSPS) is 12.6. The number of aliphatic carboxylic acids is 1. The quantitative estimate of drug-likeness (QED) is 0.492. The molecule has 0 fully saturated rings. The Bertz CT molecular complexity index is 373. The van der Waals surface area contributed by atoms with E-state index in [1.165, 1.54) is 24.3 Å². The summed E-state index contributed by atoms with van der Waals surface area (Å²) in [6, 6.07) is 3.99. The van der Waals surface area contributed by atoms with Crippen LogP contribution in [0.2, 0.25) is 0 Å². The fraction of sp³-hybridized carbons (Fsp3) is 0.300. The van der Waals surface area contributed by atoms with E-state index in [9.17, 15) is 4.79 Å². The summed E-state index contributed by atoms with van der Waals surface area (Å²) in [6.45, 7) is 0. The molecule has 102 valence electrons. The number of phenolic OH excluding ortho intramolecular Hbond substituents is 1. The van der Waals surface area contributed by atoms with Crippen molar-refractivity contribution in [2.75, 3.05) is 0 Å². The van der Waals surface area contributed by atoms with Gasteiger partial charge in [-0.15, -0.1) is 12.4 Å². The smallest absolute Gasteiger partial charge is 0.461 e. The summed E-state index contributed by atoms with van der Waals surface area (Å²) in [5.74, 6) is -2.47. The van der Waals surface area contributed by atoms with Gasteiger partial charge in [0.15, 0.2) is 0 Å². The van der Waals surface area contributed by atoms with Gasteiger partial charge in [0, 0.05) is 5.82 Å². The minimum Gasteiger partial charge on any atom is -0.508 e. The highest BCUT2D eigenvalue weighted by molar-refractivity contribution is 6.44. The van der Waals surface area contributed by atoms with E-state index in [-0.39, 0.29) is 25.6 Å². The maximum Gasteiger partial charge on any atom is 0.461 e. The van der Waals surface area contributed by atoms with Crippen LogP contribution in [0.25, 0.3) is 0 Å². The van der Waals surface area contributed by atoms with Gasteiger partial charge in [0.25, 0.3) is 0 Å². The summed E-state index contributed by atoms with van der Waals surface area (Å²) >= 11 is 0. The number of carboxylic acids is 1. The van der Waals surface area contributed by atoms with E-state index < -0.39 is 24.9 Å². The summed E-state index contributed by atoms with van der Waals surface area (Å²) in [7, 11) is -1.88. The predicted octanol–water partition coefficient (Wildman–Crippen LogP) is -0.0424. The van der Waals surface area contributed by atoms with E-state index in [4.69, 9.17) is 26.0 Å². The third-order valence-electron chi connectivity index (χ3n) is 2.27. The molecule has 0 aliphatic rings. The fourth-order valence-corrected chi connectivity index (χ4v) is 1.42. The van der Waals surface area contributed by atoms with Gasteiger partial charge in [-0.05, 0) is 17.7 Å². The van der Waals surface area contributed by atoms with Crippen LogP contribution in [-0.2, 0) is 4.79 Å². The highest BCUT2D eigenvalue weighted by Crippen LogP contribution is 2.22. The number of carbonyl (C=O) groups is 1. The molecular weight excluding hydrogens is 260 g/mol. The third-order valence-corrected chi connectivity index (χ3v) is 2.27. The van der Waals surface area contributed by atoms with E-state index in [2.05, 4.69) is 0 Å². The van der Waals surface area contributed by atoms with Crippen molar-refractivity contribution in [2.24, 2.45) is 5.73 Å². The van der Waals surface area contributed by atoms with Gasteiger partial charge in [-0.1, -0.05) is 19.6 Å². The third kappa shape index (κ3) is 4.54. The average molecular weight is 278 g/mol. The number of hydrogen-bond donors (Lipinski definition) is 5. The maximum absolute atomic E-state index is 10.7. The molecule has 0 saturated carbocycles. The first kappa shape index (κ1) is 19.1. The van der Waals surface area contributed by atoms with Gasteiger partial charge in [0.2, 0.25) is 0 Å². The highest BCUT2D eigenvalue weighted by Gasteiger charge is 2.35. The van der Waals surface area contributed by atoms with Crippen molar-refractivity contribution < 1.29 is 25.1 Å². The zero-order chi connectivity index (χ0) is 12.3. The molecule has 0 aliphatic carbocycles. The second-order valence-corrected chi connectivity index (χ2v) is 3.39. The van der Waals surface area contributed by atoms with Crippen molar-refractivity contribution in [3.63, 3.8) is 0 Å². The molecule has 6 nitrogen and oxygen atoms in total. The second kappa shape index (κ2) is 7.94. The van der Waals surface area contributed by atoms with Crippen LogP contribution in [0.3, 0.4) is 0 Å². The number of aromatic hydroxyl groups is 1. The summed E-state index contributed by atoms with van der Waals surface area (Å²) in [5, 5.41) is 36.0. The van der Waals surface area contributed by atoms with Crippen molar-refractivity contribution in [1.29, 1.82) is 0 Å².